The number of hydrogen-bond donors (Lipinski definition) is 2. The van der Waals surface area contributed by atoms with Gasteiger partial charge in [0.05, 0.1) is 0 Å². The van der Waals surface area contributed by atoms with E-state index in [4.69, 9.17) is 9.47 Å². The van der Waals surface area contributed by atoms with E-state index in [2.05, 4.69) is 29.6 Å². The van der Waals surface area contributed by atoms with Gasteiger partial charge in [-0.2, -0.15) is 0 Å². The van der Waals surface area contributed by atoms with Crippen LogP contribution in [0, 0.1) is 12.8 Å². The number of aliphatic hydroxyl groups is 1. The molecule has 1 atom stereocenters. The van der Waals surface area contributed by atoms with Crippen molar-refractivity contribution in [3.8, 4) is 11.5 Å². The third kappa shape index (κ3) is 3.86. The summed E-state index contributed by atoms with van der Waals surface area (Å²) in [5.74, 6) is 1.03. The van der Waals surface area contributed by atoms with E-state index in [9.17, 15) is 9.90 Å². The summed E-state index contributed by atoms with van der Waals surface area (Å²) in [5, 5.41) is 12.4. The summed E-state index contributed by atoms with van der Waals surface area (Å²) in [7, 11) is 0. The van der Waals surface area contributed by atoms with Crippen molar-refractivity contribution < 1.29 is 19.4 Å². The molecule has 2 N–H and O–H groups in total. The first-order valence-electron chi connectivity index (χ1n) is 8.00. The van der Waals surface area contributed by atoms with Gasteiger partial charge in [0, 0.05) is 24.6 Å². The van der Waals surface area contributed by atoms with E-state index >= 15 is 0 Å². The maximum Gasteiger partial charge on any atom is 0.251 e. The van der Waals surface area contributed by atoms with Gasteiger partial charge in [-0.3, -0.25) is 4.79 Å². The molecule has 0 bridgehead atoms. The second kappa shape index (κ2) is 7.36. The molecule has 0 saturated heterocycles. The predicted octanol–water partition coefficient (Wildman–Crippen LogP) is 2.30. The first-order chi connectivity index (χ1) is 11.7. The van der Waals surface area contributed by atoms with Crippen LogP contribution in [0.5, 0.6) is 11.5 Å². The molecule has 1 aliphatic rings. The molecular weight excluding hydrogens is 306 g/mol. The molecule has 0 radical (unpaired) electrons. The van der Waals surface area contributed by atoms with Crippen LogP contribution in [-0.4, -0.2) is 31.0 Å². The molecule has 1 aliphatic heterocycles. The van der Waals surface area contributed by atoms with Gasteiger partial charge < -0.3 is 19.9 Å². The van der Waals surface area contributed by atoms with Crippen LogP contribution < -0.4 is 14.8 Å². The van der Waals surface area contributed by atoms with Gasteiger partial charge in [0.2, 0.25) is 6.79 Å². The van der Waals surface area contributed by atoms with E-state index in [-0.39, 0.29) is 25.2 Å². The van der Waals surface area contributed by atoms with Gasteiger partial charge in [0.15, 0.2) is 11.5 Å². The van der Waals surface area contributed by atoms with E-state index in [0.717, 1.165) is 12.0 Å². The summed E-state index contributed by atoms with van der Waals surface area (Å²) in [6, 6.07) is 13.3. The maximum absolute atomic E-state index is 12.3. The number of fused-ring (bicyclic) bond motifs is 1. The Morgan fingerprint density at radius 3 is 2.67 bits per heavy atom. The van der Waals surface area contributed by atoms with E-state index < -0.39 is 0 Å². The zero-order valence-electron chi connectivity index (χ0n) is 13.6. The Bertz CT molecular complexity index is 712. The summed E-state index contributed by atoms with van der Waals surface area (Å²) in [6.07, 6.45) is 0.720. The Kier molecular flexibility index (Phi) is 5.01. The molecule has 126 valence electrons. The minimum Gasteiger partial charge on any atom is -0.454 e. The van der Waals surface area contributed by atoms with Crippen LogP contribution in [0.3, 0.4) is 0 Å². The second-order valence-electron chi connectivity index (χ2n) is 6.02. The Morgan fingerprint density at radius 2 is 1.92 bits per heavy atom. The van der Waals surface area contributed by atoms with Gasteiger partial charge in [0.25, 0.3) is 5.91 Å². The highest BCUT2D eigenvalue weighted by Crippen LogP contribution is 2.32. The number of aryl methyl sites for hydroxylation is 1. The molecule has 0 aromatic heterocycles. The molecule has 0 aliphatic carbocycles. The largest absolute Gasteiger partial charge is 0.454 e. The Hall–Kier alpha value is -2.53. The number of ether oxygens (including phenoxy) is 2. The van der Waals surface area contributed by atoms with E-state index in [1.54, 1.807) is 18.2 Å². The second-order valence-corrected chi connectivity index (χ2v) is 6.02. The summed E-state index contributed by atoms with van der Waals surface area (Å²) in [6.45, 7) is 2.66. The van der Waals surface area contributed by atoms with Crippen LogP contribution in [0.1, 0.15) is 21.5 Å². The van der Waals surface area contributed by atoms with Crippen molar-refractivity contribution in [1.29, 1.82) is 0 Å². The number of carbonyl (C=O) groups excluding carboxylic acids is 1. The molecule has 5 nitrogen and oxygen atoms in total. The van der Waals surface area contributed by atoms with Gasteiger partial charge in [-0.15, -0.1) is 0 Å². The number of carbonyl (C=O) groups is 1. The number of benzene rings is 2. The summed E-state index contributed by atoms with van der Waals surface area (Å²) in [4.78, 5) is 12.3. The zero-order valence-corrected chi connectivity index (χ0v) is 13.6. The minimum atomic E-state index is -0.185. The smallest absolute Gasteiger partial charge is 0.251 e. The summed E-state index contributed by atoms with van der Waals surface area (Å²) < 4.78 is 10.5. The lowest BCUT2D eigenvalue weighted by Crippen LogP contribution is -2.31. The van der Waals surface area contributed by atoms with E-state index in [1.165, 1.54) is 5.56 Å². The van der Waals surface area contributed by atoms with Gasteiger partial charge >= 0.3 is 0 Å². The molecule has 0 saturated carbocycles. The van der Waals surface area contributed by atoms with Gasteiger partial charge in [-0.05, 0) is 37.1 Å². The fourth-order valence-corrected chi connectivity index (χ4v) is 2.64. The molecule has 2 aromatic carbocycles. The van der Waals surface area contributed by atoms with Crippen LogP contribution in [0.25, 0.3) is 0 Å². The van der Waals surface area contributed by atoms with Crippen molar-refractivity contribution in [3.05, 3.63) is 59.2 Å². The van der Waals surface area contributed by atoms with Gasteiger partial charge in [0.1, 0.15) is 0 Å². The Balaban J connectivity index is 1.56. The lowest BCUT2D eigenvalue weighted by Gasteiger charge is -2.15. The van der Waals surface area contributed by atoms with Crippen molar-refractivity contribution >= 4 is 5.91 Å². The standard InChI is InChI=1S/C19H21NO4/c1-13-2-4-14(5-3-13)8-15(11-21)10-20-19(22)16-6-7-17-18(9-16)24-12-23-17/h2-7,9,15,21H,8,10-12H2,1H3,(H,20,22)/t15-/m0/s1. The molecule has 0 unspecified atom stereocenters. The Morgan fingerprint density at radius 1 is 1.17 bits per heavy atom. The molecule has 5 heteroatoms. The van der Waals surface area contributed by atoms with Crippen LogP contribution in [0.2, 0.25) is 0 Å². The number of hydrogen-bond acceptors (Lipinski definition) is 4. The van der Waals surface area contributed by atoms with Gasteiger partial charge in [-0.1, -0.05) is 29.8 Å². The third-order valence-electron chi connectivity index (χ3n) is 4.09. The van der Waals surface area contributed by atoms with Crippen molar-refractivity contribution in [2.24, 2.45) is 5.92 Å². The molecule has 1 amide bonds. The quantitative estimate of drug-likeness (QED) is 0.854. The van der Waals surface area contributed by atoms with Crippen molar-refractivity contribution in [2.45, 2.75) is 13.3 Å². The topological polar surface area (TPSA) is 67.8 Å². The molecule has 0 spiro atoms. The monoisotopic (exact) mass is 327 g/mol. The lowest BCUT2D eigenvalue weighted by atomic mass is 9.99. The van der Waals surface area contributed by atoms with Crippen molar-refractivity contribution in [3.63, 3.8) is 0 Å². The lowest BCUT2D eigenvalue weighted by molar-refractivity contribution is 0.0939. The fourth-order valence-electron chi connectivity index (χ4n) is 2.64. The number of rotatable bonds is 6. The molecule has 24 heavy (non-hydrogen) atoms. The van der Waals surface area contributed by atoms with Crippen LogP contribution in [0.15, 0.2) is 42.5 Å². The molecule has 0 fully saturated rings. The minimum absolute atomic E-state index is 0.0225. The van der Waals surface area contributed by atoms with Crippen LogP contribution >= 0.6 is 0 Å². The number of amides is 1. The Labute approximate surface area is 141 Å². The van der Waals surface area contributed by atoms with Gasteiger partial charge in [-0.25, -0.2) is 0 Å². The number of aliphatic hydroxyl groups excluding tert-OH is 1. The highest BCUT2D eigenvalue weighted by Gasteiger charge is 2.17. The number of nitrogens with one attached hydrogen (secondary N) is 1. The normalized spacial score (nSPS) is 13.6. The highest BCUT2D eigenvalue weighted by molar-refractivity contribution is 5.94. The van der Waals surface area contributed by atoms with E-state index in [1.807, 2.05) is 6.92 Å². The average Bonchev–Trinajstić information content (AvgIpc) is 3.07. The molecule has 1 heterocycles. The first kappa shape index (κ1) is 16.3. The first-order valence-corrected chi connectivity index (χ1v) is 8.00. The molecule has 2 aromatic rings. The van der Waals surface area contributed by atoms with E-state index in [0.29, 0.717) is 23.6 Å². The molecule has 3 rings (SSSR count). The highest BCUT2D eigenvalue weighted by atomic mass is 16.7. The average molecular weight is 327 g/mol. The SMILES string of the molecule is Cc1ccc(C[C@H](CO)CNC(=O)c2ccc3c(c2)OCO3)cc1. The van der Waals surface area contributed by atoms with Crippen LogP contribution in [0.4, 0.5) is 0 Å². The summed E-state index contributed by atoms with van der Waals surface area (Å²) >= 11 is 0. The zero-order chi connectivity index (χ0) is 16.9. The molecular formula is C19H21NO4. The summed E-state index contributed by atoms with van der Waals surface area (Å²) in [5.41, 5.74) is 2.87. The van der Waals surface area contributed by atoms with Crippen molar-refractivity contribution in [2.75, 3.05) is 19.9 Å². The van der Waals surface area contributed by atoms with Crippen LogP contribution in [-0.2, 0) is 6.42 Å². The maximum atomic E-state index is 12.3. The fraction of sp³-hybridized carbons (Fsp3) is 0.316. The van der Waals surface area contributed by atoms with Crippen molar-refractivity contribution in [1.82, 2.24) is 5.32 Å². The predicted molar refractivity (Wildman–Crippen MR) is 90.4 cm³/mol. The third-order valence-corrected chi connectivity index (χ3v) is 4.09.